The van der Waals surface area contributed by atoms with E-state index in [0.717, 1.165) is 32.1 Å². The molecule has 0 heterocycles. The van der Waals surface area contributed by atoms with Crippen molar-refractivity contribution in [2.75, 3.05) is 54.1 Å². The predicted molar refractivity (Wildman–Crippen MR) is 287 cm³/mol. The van der Waals surface area contributed by atoms with Crippen molar-refractivity contribution in [3.8, 4) is 0 Å². The fraction of sp³-hybridized carbons (Fsp3) is 0.914. The zero-order valence-corrected chi connectivity index (χ0v) is 46.3. The molecule has 2 atom stereocenters. The lowest BCUT2D eigenvalue weighted by molar-refractivity contribution is -0.870. The van der Waals surface area contributed by atoms with E-state index in [1.54, 1.807) is 0 Å². The average molecular weight is 969 g/mol. The van der Waals surface area contributed by atoms with Crippen molar-refractivity contribution < 1.29 is 37.3 Å². The maximum absolute atomic E-state index is 12.8. The number of phosphoric ester groups is 1. The van der Waals surface area contributed by atoms with E-state index in [4.69, 9.17) is 18.5 Å². The number of hydrogen-bond acceptors (Lipinski definition) is 7. The molecule has 0 aromatic heterocycles. The molecule has 0 aliphatic heterocycles. The summed E-state index contributed by atoms with van der Waals surface area (Å²) < 4.78 is 34.9. The normalized spacial score (nSPS) is 13.6. The van der Waals surface area contributed by atoms with Crippen LogP contribution in [-0.4, -0.2) is 70.7 Å². The summed E-state index contributed by atoms with van der Waals surface area (Å²) in [6.45, 7) is 5.47. The van der Waals surface area contributed by atoms with E-state index in [2.05, 4.69) is 38.2 Å². The number of allylic oxidation sites excluding steroid dienone is 4. The van der Waals surface area contributed by atoms with Crippen LogP contribution in [0.4, 0.5) is 0 Å². The first kappa shape index (κ1) is 66.0. The molecule has 0 amide bonds. The van der Waals surface area contributed by atoms with Gasteiger partial charge in [-0.05, 0) is 64.2 Å². The molecule has 0 saturated heterocycles. The summed E-state index contributed by atoms with van der Waals surface area (Å²) in [5, 5.41) is 0. The highest BCUT2D eigenvalue weighted by molar-refractivity contribution is 7.45. The second-order valence-corrected chi connectivity index (χ2v) is 22.4. The lowest BCUT2D eigenvalue weighted by atomic mass is 10.0. The second-order valence-electron chi connectivity index (χ2n) is 21.0. The number of ether oxygens (including phenoxy) is 2. The summed E-state index contributed by atoms with van der Waals surface area (Å²) in [6.07, 6.45) is 62.2. The molecule has 0 bridgehead atoms. The van der Waals surface area contributed by atoms with Gasteiger partial charge in [-0.25, -0.2) is 0 Å². The minimum Gasteiger partial charge on any atom is -0.756 e. The number of carbonyl (C=O) groups is 1. The highest BCUT2D eigenvalue weighted by atomic mass is 31.2. The van der Waals surface area contributed by atoms with Crippen LogP contribution in [0.2, 0.25) is 0 Å². The third-order valence-electron chi connectivity index (χ3n) is 13.0. The SMILES string of the molecule is CCCCCCCC/C=C\CCCCCCCCCCCCOCC(COP(=O)([O-])OCC[N+](C)(C)C)OC(=O)CCCCCCCCCCCCCCC/C=C\CCCCCCCCCC. The summed E-state index contributed by atoms with van der Waals surface area (Å²) in [6, 6.07) is 0. The maximum Gasteiger partial charge on any atom is 0.306 e. The highest BCUT2D eigenvalue weighted by Gasteiger charge is 2.20. The van der Waals surface area contributed by atoms with E-state index in [1.807, 2.05) is 21.1 Å². The quantitative estimate of drug-likeness (QED) is 0.0197. The number of rotatable bonds is 55. The third-order valence-corrected chi connectivity index (χ3v) is 13.9. The molecule has 0 fully saturated rings. The van der Waals surface area contributed by atoms with Crippen molar-refractivity contribution in [2.24, 2.45) is 0 Å². The summed E-state index contributed by atoms with van der Waals surface area (Å²) in [5.41, 5.74) is 0. The number of likely N-dealkylation sites (N-methyl/N-ethyl adjacent to an activating group) is 1. The van der Waals surface area contributed by atoms with Crippen molar-refractivity contribution in [2.45, 2.75) is 290 Å². The minimum atomic E-state index is -4.53. The molecule has 9 heteroatoms. The van der Waals surface area contributed by atoms with Crippen molar-refractivity contribution in [1.29, 1.82) is 0 Å². The maximum atomic E-state index is 12.8. The molecule has 2 unspecified atom stereocenters. The van der Waals surface area contributed by atoms with Gasteiger partial charge in [0.25, 0.3) is 7.82 Å². The number of phosphoric acid groups is 1. The van der Waals surface area contributed by atoms with Crippen LogP contribution in [0.25, 0.3) is 0 Å². The van der Waals surface area contributed by atoms with Gasteiger partial charge in [0, 0.05) is 13.0 Å². The standard InChI is InChI=1S/C58H114NO7P/c1-6-8-10-12-14-16-18-20-22-24-26-28-29-30-31-32-33-35-37-39-41-43-45-47-49-51-58(60)66-57(56-65-67(61,62)64-54-52-59(3,4)5)55-63-53-50-48-46-44-42-40-38-36-34-27-25-23-21-19-17-15-13-11-9-7-2/h21,23-24,26,57H,6-20,22,25,27-56H2,1-5H3/b23-21-,26-24-. The molecule has 0 aromatic carbocycles. The molecular weight excluding hydrogens is 854 g/mol. The number of carbonyl (C=O) groups excluding carboxylic acids is 1. The van der Waals surface area contributed by atoms with Gasteiger partial charge in [-0.1, -0.05) is 237 Å². The largest absolute Gasteiger partial charge is 0.756 e. The van der Waals surface area contributed by atoms with Crippen LogP contribution < -0.4 is 4.89 Å². The van der Waals surface area contributed by atoms with Crippen LogP contribution in [0.3, 0.4) is 0 Å². The molecule has 67 heavy (non-hydrogen) atoms. The first-order valence-electron chi connectivity index (χ1n) is 29.1. The Morgan fingerprint density at radius 1 is 0.448 bits per heavy atom. The monoisotopic (exact) mass is 968 g/mol. The fourth-order valence-electron chi connectivity index (χ4n) is 8.48. The molecule has 0 aromatic rings. The zero-order valence-electron chi connectivity index (χ0n) is 45.4. The Labute approximate surface area is 417 Å². The summed E-state index contributed by atoms with van der Waals surface area (Å²) in [4.78, 5) is 25.3. The smallest absolute Gasteiger partial charge is 0.306 e. The van der Waals surface area contributed by atoms with Gasteiger partial charge in [-0.2, -0.15) is 0 Å². The Kier molecular flexibility index (Phi) is 50.6. The van der Waals surface area contributed by atoms with Gasteiger partial charge < -0.3 is 27.9 Å². The number of quaternary nitrogens is 1. The van der Waals surface area contributed by atoms with Crippen molar-refractivity contribution in [3.05, 3.63) is 24.3 Å². The Bertz CT molecular complexity index is 1120. The van der Waals surface area contributed by atoms with Gasteiger partial charge in [-0.15, -0.1) is 0 Å². The van der Waals surface area contributed by atoms with Gasteiger partial charge in [0.05, 0.1) is 34.4 Å². The number of unbranched alkanes of at least 4 members (excludes halogenated alkanes) is 37. The molecule has 398 valence electrons. The van der Waals surface area contributed by atoms with Crippen LogP contribution in [0.15, 0.2) is 24.3 Å². The van der Waals surface area contributed by atoms with Crippen molar-refractivity contribution >= 4 is 13.8 Å². The van der Waals surface area contributed by atoms with Crippen molar-refractivity contribution in [1.82, 2.24) is 0 Å². The van der Waals surface area contributed by atoms with E-state index in [9.17, 15) is 14.3 Å². The van der Waals surface area contributed by atoms with Crippen LogP contribution in [-0.2, 0) is 27.9 Å². The molecule has 8 nitrogen and oxygen atoms in total. The van der Waals surface area contributed by atoms with Gasteiger partial charge in [-0.3, -0.25) is 9.36 Å². The first-order valence-corrected chi connectivity index (χ1v) is 30.5. The Hall–Kier alpha value is -1.02. The molecular formula is C58H114NO7P. The minimum absolute atomic E-state index is 0.0282. The second kappa shape index (κ2) is 51.3. The summed E-state index contributed by atoms with van der Waals surface area (Å²) >= 11 is 0. The van der Waals surface area contributed by atoms with E-state index < -0.39 is 13.9 Å². The number of hydrogen-bond donors (Lipinski definition) is 0. The van der Waals surface area contributed by atoms with Crippen LogP contribution in [0.5, 0.6) is 0 Å². The molecule has 0 spiro atoms. The number of esters is 1. The Morgan fingerprint density at radius 2 is 0.776 bits per heavy atom. The molecule has 0 aliphatic carbocycles. The van der Waals surface area contributed by atoms with Gasteiger partial charge in [0.2, 0.25) is 0 Å². The molecule has 0 saturated carbocycles. The molecule has 0 N–H and O–H groups in total. The predicted octanol–water partition coefficient (Wildman–Crippen LogP) is 17.7. The fourth-order valence-corrected chi connectivity index (χ4v) is 9.21. The van der Waals surface area contributed by atoms with Crippen LogP contribution >= 0.6 is 7.82 Å². The van der Waals surface area contributed by atoms with Crippen molar-refractivity contribution in [3.63, 3.8) is 0 Å². The molecule has 0 radical (unpaired) electrons. The van der Waals surface area contributed by atoms with Gasteiger partial charge in [0.1, 0.15) is 19.3 Å². The highest BCUT2D eigenvalue weighted by Crippen LogP contribution is 2.38. The topological polar surface area (TPSA) is 94.1 Å². The van der Waals surface area contributed by atoms with Gasteiger partial charge >= 0.3 is 5.97 Å². The van der Waals surface area contributed by atoms with Crippen LogP contribution in [0.1, 0.15) is 284 Å². The van der Waals surface area contributed by atoms with E-state index in [1.165, 1.54) is 231 Å². The Balaban J connectivity index is 4.03. The average Bonchev–Trinajstić information content (AvgIpc) is 3.29. The third kappa shape index (κ3) is 55.8. The zero-order chi connectivity index (χ0) is 49.0. The van der Waals surface area contributed by atoms with Gasteiger partial charge in [0.15, 0.2) is 0 Å². The van der Waals surface area contributed by atoms with E-state index >= 15 is 0 Å². The Morgan fingerprint density at radius 3 is 1.13 bits per heavy atom. The summed E-state index contributed by atoms with van der Waals surface area (Å²) in [7, 11) is 1.37. The van der Waals surface area contributed by atoms with Crippen LogP contribution in [0, 0.1) is 0 Å². The van der Waals surface area contributed by atoms with E-state index in [0.29, 0.717) is 24.1 Å². The lowest BCUT2D eigenvalue weighted by Gasteiger charge is -2.28. The summed E-state index contributed by atoms with van der Waals surface area (Å²) in [5.74, 6) is -0.329. The first-order chi connectivity index (χ1) is 32.6. The number of nitrogens with zero attached hydrogens (tertiary/aromatic N) is 1. The lowest BCUT2D eigenvalue weighted by Crippen LogP contribution is -2.37. The van der Waals surface area contributed by atoms with E-state index in [-0.39, 0.29) is 25.8 Å². The molecule has 0 rings (SSSR count). The molecule has 0 aliphatic rings.